The Morgan fingerprint density at radius 3 is 3.03 bits per heavy atom. The van der Waals surface area contributed by atoms with Gasteiger partial charge in [0.15, 0.2) is 6.61 Å². The standard InChI is InChI=1S/C25H17BrN6O2S/c26-17-4-5-20-19(9-17)16(10-28-20)11-29-32-22(14-35-25(32)30-18-2-1-7-27-12-18)15-3-6-23-21(8-15)31-24(33)13-34-23/h1-12,14,28H,13H2,(H,31,33). The number of hydrogen-bond acceptors (Lipinski definition) is 6. The smallest absolute Gasteiger partial charge is 0.262 e. The number of carbonyl (C=O) groups is 1. The van der Waals surface area contributed by atoms with Crippen molar-refractivity contribution in [2.75, 3.05) is 11.9 Å². The maximum absolute atomic E-state index is 11.8. The summed E-state index contributed by atoms with van der Waals surface area (Å²) in [5, 5.41) is 10.7. The molecule has 0 saturated carbocycles. The highest BCUT2D eigenvalue weighted by Gasteiger charge is 2.18. The molecule has 0 saturated heterocycles. The summed E-state index contributed by atoms with van der Waals surface area (Å²) in [5.74, 6) is 0.465. The molecule has 2 N–H and O–H groups in total. The molecule has 0 fully saturated rings. The third kappa shape index (κ3) is 4.29. The molecular weight excluding hydrogens is 528 g/mol. The highest BCUT2D eigenvalue weighted by Crippen LogP contribution is 2.33. The second-order valence-electron chi connectivity index (χ2n) is 7.76. The van der Waals surface area contributed by atoms with Crippen LogP contribution >= 0.6 is 27.3 Å². The van der Waals surface area contributed by atoms with Gasteiger partial charge in [0.05, 0.1) is 29.5 Å². The summed E-state index contributed by atoms with van der Waals surface area (Å²) in [5.41, 5.74) is 5.04. The van der Waals surface area contributed by atoms with Gasteiger partial charge in [0.2, 0.25) is 4.80 Å². The van der Waals surface area contributed by atoms with Gasteiger partial charge in [-0.15, -0.1) is 11.3 Å². The Morgan fingerprint density at radius 1 is 1.20 bits per heavy atom. The number of halogens is 1. The average molecular weight is 545 g/mol. The van der Waals surface area contributed by atoms with Crippen molar-refractivity contribution in [3.63, 3.8) is 0 Å². The SMILES string of the molecule is O=C1COc2ccc(-c3csc(=Nc4cccnc4)n3N=Cc3c[nH]c4ccc(Br)cc34)cc2N1. The first-order valence-corrected chi connectivity index (χ1v) is 12.3. The number of nitrogens with zero attached hydrogens (tertiary/aromatic N) is 4. The van der Waals surface area contributed by atoms with Crippen molar-refractivity contribution in [2.24, 2.45) is 10.1 Å². The maximum atomic E-state index is 11.8. The molecule has 4 heterocycles. The number of thiazole rings is 1. The molecule has 0 radical (unpaired) electrons. The first-order valence-electron chi connectivity index (χ1n) is 10.7. The fraction of sp³-hybridized carbons (Fsp3) is 0.0400. The zero-order chi connectivity index (χ0) is 23.8. The Labute approximate surface area is 211 Å². The van der Waals surface area contributed by atoms with Crippen molar-refractivity contribution in [3.8, 4) is 17.0 Å². The number of fused-ring (bicyclic) bond motifs is 2. The summed E-state index contributed by atoms with van der Waals surface area (Å²) >= 11 is 5.01. The molecule has 0 bridgehead atoms. The normalized spacial score (nSPS) is 13.7. The highest BCUT2D eigenvalue weighted by atomic mass is 79.9. The van der Waals surface area contributed by atoms with E-state index in [4.69, 9.17) is 14.8 Å². The van der Waals surface area contributed by atoms with E-state index < -0.39 is 0 Å². The van der Waals surface area contributed by atoms with Crippen LogP contribution in [0.15, 0.2) is 87.1 Å². The Kier molecular flexibility index (Phi) is 5.51. The van der Waals surface area contributed by atoms with Gasteiger partial charge in [-0.1, -0.05) is 15.9 Å². The van der Waals surface area contributed by atoms with Gasteiger partial charge in [0, 0.05) is 44.3 Å². The van der Waals surface area contributed by atoms with Gasteiger partial charge >= 0.3 is 0 Å². The molecule has 172 valence electrons. The fourth-order valence-electron chi connectivity index (χ4n) is 3.80. The molecule has 0 aliphatic carbocycles. The largest absolute Gasteiger partial charge is 0.482 e. The van der Waals surface area contributed by atoms with Crippen LogP contribution in [0.1, 0.15) is 5.56 Å². The minimum atomic E-state index is -0.177. The van der Waals surface area contributed by atoms with Crippen LogP contribution in [0.5, 0.6) is 5.75 Å². The van der Waals surface area contributed by atoms with E-state index in [2.05, 4.69) is 37.3 Å². The lowest BCUT2D eigenvalue weighted by atomic mass is 10.1. The lowest BCUT2D eigenvalue weighted by molar-refractivity contribution is -0.118. The lowest BCUT2D eigenvalue weighted by Gasteiger charge is -2.18. The minimum Gasteiger partial charge on any atom is -0.482 e. The van der Waals surface area contributed by atoms with Crippen LogP contribution in [0.3, 0.4) is 0 Å². The molecule has 0 atom stereocenters. The van der Waals surface area contributed by atoms with Crippen LogP contribution in [0.4, 0.5) is 11.4 Å². The monoisotopic (exact) mass is 544 g/mol. The number of aromatic nitrogens is 3. The third-order valence-corrected chi connectivity index (χ3v) is 6.76. The predicted molar refractivity (Wildman–Crippen MR) is 140 cm³/mol. The second kappa shape index (κ2) is 8.97. The van der Waals surface area contributed by atoms with E-state index in [1.54, 1.807) is 17.1 Å². The first kappa shape index (κ1) is 21.5. The molecule has 0 spiro atoms. The number of anilines is 1. The number of benzene rings is 2. The molecule has 1 amide bonds. The second-order valence-corrected chi connectivity index (χ2v) is 9.52. The Balaban J connectivity index is 1.48. The first-order chi connectivity index (χ1) is 17.1. The number of rotatable bonds is 4. The van der Waals surface area contributed by atoms with Crippen molar-refractivity contribution in [1.29, 1.82) is 0 Å². The molecule has 2 aromatic carbocycles. The van der Waals surface area contributed by atoms with E-state index in [1.807, 2.05) is 60.3 Å². The Morgan fingerprint density at radius 2 is 2.14 bits per heavy atom. The molecule has 3 aromatic heterocycles. The molecule has 1 aliphatic heterocycles. The maximum Gasteiger partial charge on any atom is 0.262 e. The molecule has 35 heavy (non-hydrogen) atoms. The van der Waals surface area contributed by atoms with E-state index in [1.165, 1.54) is 11.3 Å². The van der Waals surface area contributed by atoms with Crippen molar-refractivity contribution in [2.45, 2.75) is 0 Å². The van der Waals surface area contributed by atoms with E-state index in [-0.39, 0.29) is 12.5 Å². The van der Waals surface area contributed by atoms with Gasteiger partial charge in [-0.2, -0.15) is 5.10 Å². The number of hydrogen-bond donors (Lipinski definition) is 2. The van der Waals surface area contributed by atoms with Crippen LogP contribution in [0.25, 0.3) is 22.2 Å². The van der Waals surface area contributed by atoms with Gasteiger partial charge < -0.3 is 15.0 Å². The summed E-state index contributed by atoms with van der Waals surface area (Å²) in [6.07, 6.45) is 7.16. The molecule has 1 aliphatic rings. The van der Waals surface area contributed by atoms with Crippen LogP contribution in [-0.2, 0) is 4.79 Å². The topological polar surface area (TPSA) is 96.7 Å². The number of ether oxygens (including phenoxy) is 1. The predicted octanol–water partition coefficient (Wildman–Crippen LogP) is 5.30. The summed E-state index contributed by atoms with van der Waals surface area (Å²) in [6, 6.07) is 15.5. The van der Waals surface area contributed by atoms with Gasteiger partial charge in [-0.25, -0.2) is 9.67 Å². The van der Waals surface area contributed by atoms with Gasteiger partial charge in [-0.05, 0) is 48.5 Å². The molecule has 6 rings (SSSR count). The van der Waals surface area contributed by atoms with Crippen LogP contribution in [0, 0.1) is 0 Å². The van der Waals surface area contributed by atoms with Crippen molar-refractivity contribution >= 4 is 61.7 Å². The zero-order valence-electron chi connectivity index (χ0n) is 18.1. The Bertz CT molecular complexity index is 1670. The Hall–Kier alpha value is -4.02. The van der Waals surface area contributed by atoms with Crippen LogP contribution in [0.2, 0.25) is 0 Å². The van der Waals surface area contributed by atoms with E-state index in [9.17, 15) is 4.79 Å². The summed E-state index contributed by atoms with van der Waals surface area (Å²) in [6.45, 7) is 0.0178. The van der Waals surface area contributed by atoms with Gasteiger partial charge in [-0.3, -0.25) is 9.78 Å². The zero-order valence-corrected chi connectivity index (χ0v) is 20.5. The summed E-state index contributed by atoms with van der Waals surface area (Å²) in [7, 11) is 0. The summed E-state index contributed by atoms with van der Waals surface area (Å²) in [4.78, 5) is 24.7. The van der Waals surface area contributed by atoms with E-state index in [0.717, 1.165) is 37.9 Å². The van der Waals surface area contributed by atoms with Crippen molar-refractivity contribution in [1.82, 2.24) is 14.6 Å². The number of nitrogens with one attached hydrogen (secondary N) is 2. The molecule has 5 aromatic rings. The van der Waals surface area contributed by atoms with Gasteiger partial charge in [0.1, 0.15) is 5.75 Å². The molecular formula is C25H17BrN6O2S. The van der Waals surface area contributed by atoms with Gasteiger partial charge in [0.25, 0.3) is 5.91 Å². The lowest BCUT2D eigenvalue weighted by Crippen LogP contribution is -2.25. The fourth-order valence-corrected chi connectivity index (χ4v) is 5.02. The number of amides is 1. The molecule has 8 nitrogen and oxygen atoms in total. The van der Waals surface area contributed by atoms with Crippen LogP contribution in [-0.4, -0.2) is 33.4 Å². The van der Waals surface area contributed by atoms with Crippen molar-refractivity contribution in [3.05, 3.63) is 87.3 Å². The minimum absolute atomic E-state index is 0.0178. The number of H-pyrrole nitrogens is 1. The van der Waals surface area contributed by atoms with E-state index in [0.29, 0.717) is 16.2 Å². The highest BCUT2D eigenvalue weighted by molar-refractivity contribution is 9.10. The molecule has 10 heteroatoms. The van der Waals surface area contributed by atoms with E-state index >= 15 is 0 Å². The number of aromatic amines is 1. The summed E-state index contributed by atoms with van der Waals surface area (Å²) < 4.78 is 8.30. The third-order valence-electron chi connectivity index (χ3n) is 5.45. The quantitative estimate of drug-likeness (QED) is 0.300. The average Bonchev–Trinajstić information content (AvgIpc) is 3.46. The van der Waals surface area contributed by atoms with Crippen LogP contribution < -0.4 is 14.9 Å². The number of carbonyl (C=O) groups excluding carboxylic acids is 1. The number of pyridine rings is 1. The molecule has 0 unspecified atom stereocenters. The van der Waals surface area contributed by atoms with Crippen molar-refractivity contribution < 1.29 is 9.53 Å².